The van der Waals surface area contributed by atoms with Gasteiger partial charge in [-0.05, 0) is 31.2 Å². The Labute approximate surface area is 149 Å². The van der Waals surface area contributed by atoms with E-state index in [1.54, 1.807) is 6.07 Å². The van der Waals surface area contributed by atoms with Crippen molar-refractivity contribution in [3.05, 3.63) is 63.2 Å². The number of carbonyl (C=O) groups is 2. The number of nitro benzene ring substituents is 1. The molecule has 0 aliphatic carbocycles. The summed E-state index contributed by atoms with van der Waals surface area (Å²) in [4.78, 5) is 34.6. The topological polar surface area (TPSA) is 120 Å². The average Bonchev–Trinajstić information content (AvgIpc) is 2.64. The molecule has 0 heterocycles. The largest absolute Gasteiger partial charge is 0.497 e. The summed E-state index contributed by atoms with van der Waals surface area (Å²) >= 11 is 0. The van der Waals surface area contributed by atoms with Crippen molar-refractivity contribution in [2.75, 3.05) is 14.2 Å². The van der Waals surface area contributed by atoms with Crippen LogP contribution in [0.15, 0.2) is 36.4 Å². The van der Waals surface area contributed by atoms with Gasteiger partial charge in [-0.3, -0.25) is 30.6 Å². The minimum atomic E-state index is -0.605. The molecule has 26 heavy (non-hydrogen) atoms. The van der Waals surface area contributed by atoms with Gasteiger partial charge in [0, 0.05) is 28.8 Å². The Morgan fingerprint density at radius 1 is 0.923 bits per heavy atom. The predicted molar refractivity (Wildman–Crippen MR) is 92.3 cm³/mol. The number of aryl methyl sites for hydroxylation is 1. The highest BCUT2D eigenvalue weighted by molar-refractivity contribution is 5.99. The van der Waals surface area contributed by atoms with E-state index in [-0.39, 0.29) is 16.8 Å². The fraction of sp³-hybridized carbons (Fsp3) is 0.176. The highest BCUT2D eigenvalue weighted by Gasteiger charge is 2.15. The SMILES string of the molecule is COc1cc(OC)cc(C(=O)NNC(=O)c2ccc([N+](=O)[O-])c(C)c2)c1. The second-order valence-electron chi connectivity index (χ2n) is 5.27. The smallest absolute Gasteiger partial charge is 0.272 e. The van der Waals surface area contributed by atoms with Crippen LogP contribution in [0.2, 0.25) is 0 Å². The van der Waals surface area contributed by atoms with E-state index in [0.29, 0.717) is 17.1 Å². The number of hydrogen-bond donors (Lipinski definition) is 2. The van der Waals surface area contributed by atoms with E-state index >= 15 is 0 Å². The maximum Gasteiger partial charge on any atom is 0.272 e. The van der Waals surface area contributed by atoms with Gasteiger partial charge in [-0.1, -0.05) is 0 Å². The van der Waals surface area contributed by atoms with Crippen molar-refractivity contribution in [3.8, 4) is 11.5 Å². The lowest BCUT2D eigenvalue weighted by Crippen LogP contribution is -2.41. The Morgan fingerprint density at radius 2 is 1.46 bits per heavy atom. The molecule has 136 valence electrons. The van der Waals surface area contributed by atoms with Gasteiger partial charge in [-0.25, -0.2) is 0 Å². The second kappa shape index (κ2) is 7.97. The van der Waals surface area contributed by atoms with Crippen LogP contribution < -0.4 is 20.3 Å². The van der Waals surface area contributed by atoms with E-state index in [0.717, 1.165) is 0 Å². The molecule has 0 aliphatic heterocycles. The van der Waals surface area contributed by atoms with Crippen molar-refractivity contribution < 1.29 is 24.0 Å². The van der Waals surface area contributed by atoms with E-state index < -0.39 is 16.7 Å². The van der Waals surface area contributed by atoms with Crippen LogP contribution in [0.4, 0.5) is 5.69 Å². The molecule has 0 aliphatic rings. The zero-order valence-corrected chi connectivity index (χ0v) is 14.4. The lowest BCUT2D eigenvalue weighted by atomic mass is 10.1. The van der Waals surface area contributed by atoms with Crippen LogP contribution in [0.25, 0.3) is 0 Å². The average molecular weight is 359 g/mol. The van der Waals surface area contributed by atoms with Gasteiger partial charge in [0.15, 0.2) is 0 Å². The van der Waals surface area contributed by atoms with Crippen LogP contribution in [-0.4, -0.2) is 31.0 Å². The molecule has 9 nitrogen and oxygen atoms in total. The highest BCUT2D eigenvalue weighted by Crippen LogP contribution is 2.22. The molecule has 9 heteroatoms. The Morgan fingerprint density at radius 3 is 1.92 bits per heavy atom. The Balaban J connectivity index is 2.08. The summed E-state index contributed by atoms with van der Waals surface area (Å²) in [5.74, 6) is -0.334. The standard InChI is InChI=1S/C17H17N3O6/c1-10-6-11(4-5-15(10)20(23)24)16(21)18-19-17(22)12-7-13(25-2)9-14(8-12)26-3/h4-9H,1-3H3,(H,18,21)(H,19,22). The molecule has 2 amide bonds. The molecule has 2 N–H and O–H groups in total. The van der Waals surface area contributed by atoms with Gasteiger partial charge >= 0.3 is 0 Å². The number of nitro groups is 1. The molecule has 2 rings (SSSR count). The molecule has 0 unspecified atom stereocenters. The first-order valence-electron chi connectivity index (χ1n) is 7.44. The number of methoxy groups -OCH3 is 2. The molecule has 2 aromatic rings. The molecule has 0 atom stereocenters. The van der Waals surface area contributed by atoms with Gasteiger partial charge < -0.3 is 9.47 Å². The van der Waals surface area contributed by atoms with Gasteiger partial charge in [0.1, 0.15) is 11.5 Å². The maximum absolute atomic E-state index is 12.2. The lowest BCUT2D eigenvalue weighted by Gasteiger charge is -2.10. The normalized spacial score (nSPS) is 9.96. The van der Waals surface area contributed by atoms with E-state index in [9.17, 15) is 19.7 Å². The quantitative estimate of drug-likeness (QED) is 0.622. The molecular weight excluding hydrogens is 342 g/mol. The summed E-state index contributed by atoms with van der Waals surface area (Å²) in [5.41, 5.74) is 5.18. The Hall–Kier alpha value is -3.62. The second-order valence-corrected chi connectivity index (χ2v) is 5.27. The molecular formula is C17H17N3O6. The van der Waals surface area contributed by atoms with Crippen LogP contribution in [0, 0.1) is 17.0 Å². The number of hydrazine groups is 1. The first-order valence-corrected chi connectivity index (χ1v) is 7.44. The lowest BCUT2D eigenvalue weighted by molar-refractivity contribution is -0.385. The van der Waals surface area contributed by atoms with Crippen LogP contribution >= 0.6 is 0 Å². The summed E-state index contributed by atoms with van der Waals surface area (Å²) in [5, 5.41) is 10.8. The highest BCUT2D eigenvalue weighted by atomic mass is 16.6. The number of rotatable bonds is 5. The molecule has 0 saturated carbocycles. The first kappa shape index (κ1) is 18.7. The number of hydrogen-bond acceptors (Lipinski definition) is 6. The van der Waals surface area contributed by atoms with Gasteiger partial charge in [0.05, 0.1) is 19.1 Å². The number of ether oxygens (including phenoxy) is 2. The fourth-order valence-corrected chi connectivity index (χ4v) is 2.20. The van der Waals surface area contributed by atoms with Gasteiger partial charge in [0.25, 0.3) is 17.5 Å². The summed E-state index contributed by atoms with van der Waals surface area (Å²) in [6, 6.07) is 8.49. The number of benzene rings is 2. The zero-order valence-electron chi connectivity index (χ0n) is 14.4. The predicted octanol–water partition coefficient (Wildman–Crippen LogP) is 2.00. The number of nitrogens with one attached hydrogen (secondary N) is 2. The number of carbonyl (C=O) groups excluding carboxylic acids is 2. The summed E-state index contributed by atoms with van der Waals surface area (Å²) in [6.07, 6.45) is 0. The number of amides is 2. The van der Waals surface area contributed by atoms with Crippen LogP contribution in [0.5, 0.6) is 11.5 Å². The summed E-state index contributed by atoms with van der Waals surface area (Å²) < 4.78 is 10.2. The third-order valence-corrected chi connectivity index (χ3v) is 3.56. The zero-order chi connectivity index (χ0) is 19.3. The Bertz CT molecular complexity index is 843. The third-order valence-electron chi connectivity index (χ3n) is 3.56. The third kappa shape index (κ3) is 4.26. The molecule has 0 radical (unpaired) electrons. The van der Waals surface area contributed by atoms with Crippen molar-refractivity contribution >= 4 is 17.5 Å². The van der Waals surface area contributed by atoms with Crippen molar-refractivity contribution in [1.82, 2.24) is 10.9 Å². The minimum Gasteiger partial charge on any atom is -0.497 e. The summed E-state index contributed by atoms with van der Waals surface area (Å²) in [7, 11) is 2.91. The number of nitrogens with zero attached hydrogens (tertiary/aromatic N) is 1. The molecule has 0 fully saturated rings. The first-order chi connectivity index (χ1) is 12.3. The molecule has 2 aromatic carbocycles. The van der Waals surface area contributed by atoms with E-state index in [2.05, 4.69) is 10.9 Å². The van der Waals surface area contributed by atoms with Crippen LogP contribution in [0.3, 0.4) is 0 Å². The fourth-order valence-electron chi connectivity index (χ4n) is 2.20. The van der Waals surface area contributed by atoms with E-state index in [4.69, 9.17) is 9.47 Å². The van der Waals surface area contributed by atoms with Crippen molar-refractivity contribution in [2.24, 2.45) is 0 Å². The Kier molecular flexibility index (Phi) is 5.74. The van der Waals surface area contributed by atoms with Crippen molar-refractivity contribution in [3.63, 3.8) is 0 Å². The molecule has 0 bridgehead atoms. The van der Waals surface area contributed by atoms with Gasteiger partial charge in [-0.2, -0.15) is 0 Å². The van der Waals surface area contributed by atoms with Crippen LogP contribution in [0.1, 0.15) is 26.3 Å². The monoisotopic (exact) mass is 359 g/mol. The van der Waals surface area contributed by atoms with Gasteiger partial charge in [-0.15, -0.1) is 0 Å². The van der Waals surface area contributed by atoms with E-state index in [1.165, 1.54) is 51.5 Å². The molecule has 0 saturated heterocycles. The van der Waals surface area contributed by atoms with E-state index in [1.807, 2.05) is 0 Å². The van der Waals surface area contributed by atoms with Gasteiger partial charge in [0.2, 0.25) is 0 Å². The molecule has 0 aromatic heterocycles. The maximum atomic E-state index is 12.2. The van der Waals surface area contributed by atoms with Crippen molar-refractivity contribution in [1.29, 1.82) is 0 Å². The van der Waals surface area contributed by atoms with Crippen molar-refractivity contribution in [2.45, 2.75) is 6.92 Å². The summed E-state index contributed by atoms with van der Waals surface area (Å²) in [6.45, 7) is 1.52. The van der Waals surface area contributed by atoms with Crippen LogP contribution in [-0.2, 0) is 0 Å². The minimum absolute atomic E-state index is 0.0888. The molecule has 0 spiro atoms.